The molecule has 0 radical (unpaired) electrons. The first kappa shape index (κ1) is 12.4. The first-order valence-corrected chi connectivity index (χ1v) is 6.80. The molecule has 1 aromatic heterocycles. The Labute approximate surface area is 112 Å². The molecule has 1 amide bonds. The molecule has 3 unspecified atom stereocenters. The van der Waals surface area contributed by atoms with Crippen LogP contribution < -0.4 is 15.4 Å². The van der Waals surface area contributed by atoms with Crippen molar-refractivity contribution in [3.05, 3.63) is 24.0 Å². The zero-order chi connectivity index (χ0) is 13.2. The third kappa shape index (κ3) is 3.04. The number of rotatable bonds is 5. The Kier molecular flexibility index (Phi) is 3.38. The molecule has 0 aromatic carbocycles. The van der Waals surface area contributed by atoms with Crippen LogP contribution in [0.5, 0.6) is 5.75 Å². The average molecular weight is 261 g/mol. The van der Waals surface area contributed by atoms with Crippen molar-refractivity contribution in [3.63, 3.8) is 0 Å². The SMILES string of the molecule is CC(=O)NC1CC1c1cncc(OCC2CCN2)c1. The number of amides is 1. The maximum absolute atomic E-state index is 11.0. The molecule has 19 heavy (non-hydrogen) atoms. The highest BCUT2D eigenvalue weighted by atomic mass is 16.5. The van der Waals surface area contributed by atoms with E-state index in [0.717, 1.165) is 24.3 Å². The number of hydrogen-bond donors (Lipinski definition) is 2. The monoisotopic (exact) mass is 261 g/mol. The summed E-state index contributed by atoms with van der Waals surface area (Å²) in [4.78, 5) is 15.2. The quantitative estimate of drug-likeness (QED) is 0.823. The zero-order valence-corrected chi connectivity index (χ0v) is 11.1. The first-order valence-electron chi connectivity index (χ1n) is 6.80. The van der Waals surface area contributed by atoms with Gasteiger partial charge in [0.2, 0.25) is 5.91 Å². The van der Waals surface area contributed by atoms with Gasteiger partial charge >= 0.3 is 0 Å². The van der Waals surface area contributed by atoms with E-state index < -0.39 is 0 Å². The van der Waals surface area contributed by atoms with E-state index in [2.05, 4.69) is 15.6 Å². The molecule has 5 nitrogen and oxygen atoms in total. The van der Waals surface area contributed by atoms with E-state index in [9.17, 15) is 4.79 Å². The Balaban J connectivity index is 1.56. The molecule has 2 N–H and O–H groups in total. The van der Waals surface area contributed by atoms with Crippen molar-refractivity contribution in [1.82, 2.24) is 15.6 Å². The second kappa shape index (κ2) is 5.17. The third-order valence-corrected chi connectivity index (χ3v) is 3.72. The number of hydrogen-bond acceptors (Lipinski definition) is 4. The highest BCUT2D eigenvalue weighted by Crippen LogP contribution is 2.41. The van der Waals surface area contributed by atoms with Crippen LogP contribution in [0, 0.1) is 0 Å². The maximum atomic E-state index is 11.0. The Hall–Kier alpha value is -1.62. The highest BCUT2D eigenvalue weighted by Gasteiger charge is 2.39. The Morgan fingerprint density at radius 3 is 3.11 bits per heavy atom. The molecule has 3 rings (SSSR count). The molecular weight excluding hydrogens is 242 g/mol. The molecule has 0 spiro atoms. The minimum atomic E-state index is 0.0314. The lowest BCUT2D eigenvalue weighted by molar-refractivity contribution is -0.119. The van der Waals surface area contributed by atoms with Gasteiger partial charge in [-0.25, -0.2) is 0 Å². The second-order valence-electron chi connectivity index (χ2n) is 5.35. The van der Waals surface area contributed by atoms with Gasteiger partial charge < -0.3 is 15.4 Å². The van der Waals surface area contributed by atoms with Gasteiger partial charge in [0.1, 0.15) is 12.4 Å². The lowest BCUT2D eigenvalue weighted by Crippen LogP contribution is -2.46. The lowest BCUT2D eigenvalue weighted by atomic mass is 10.1. The summed E-state index contributed by atoms with van der Waals surface area (Å²) in [6, 6.07) is 2.79. The molecule has 1 aliphatic heterocycles. The molecule has 102 valence electrons. The summed E-state index contributed by atoms with van der Waals surface area (Å²) in [7, 11) is 0. The topological polar surface area (TPSA) is 63.2 Å². The van der Waals surface area contributed by atoms with Crippen molar-refractivity contribution < 1.29 is 9.53 Å². The number of carbonyl (C=O) groups is 1. The van der Waals surface area contributed by atoms with Crippen molar-refractivity contribution in [1.29, 1.82) is 0 Å². The van der Waals surface area contributed by atoms with Crippen LogP contribution >= 0.6 is 0 Å². The lowest BCUT2D eigenvalue weighted by Gasteiger charge is -2.27. The van der Waals surface area contributed by atoms with E-state index in [1.807, 2.05) is 12.3 Å². The summed E-state index contributed by atoms with van der Waals surface area (Å²) in [5, 5.41) is 6.24. The van der Waals surface area contributed by atoms with Crippen LogP contribution in [0.25, 0.3) is 0 Å². The molecule has 0 bridgehead atoms. The number of ether oxygens (including phenoxy) is 1. The number of carbonyl (C=O) groups excluding carboxylic acids is 1. The van der Waals surface area contributed by atoms with Crippen LogP contribution in [0.1, 0.15) is 31.2 Å². The van der Waals surface area contributed by atoms with Gasteiger partial charge in [0.05, 0.1) is 6.20 Å². The Morgan fingerprint density at radius 2 is 2.42 bits per heavy atom. The third-order valence-electron chi connectivity index (χ3n) is 3.72. The number of nitrogens with one attached hydrogen (secondary N) is 2. The van der Waals surface area contributed by atoms with E-state index in [1.54, 1.807) is 13.1 Å². The van der Waals surface area contributed by atoms with Gasteiger partial charge in [0.15, 0.2) is 0 Å². The number of nitrogens with zero attached hydrogens (tertiary/aromatic N) is 1. The minimum absolute atomic E-state index is 0.0314. The molecule has 1 aliphatic carbocycles. The number of aromatic nitrogens is 1. The summed E-state index contributed by atoms with van der Waals surface area (Å²) in [6.07, 6.45) is 5.79. The van der Waals surface area contributed by atoms with Crippen LogP contribution in [-0.4, -0.2) is 36.1 Å². The van der Waals surface area contributed by atoms with Gasteiger partial charge in [-0.05, 0) is 31.0 Å². The Morgan fingerprint density at radius 1 is 1.58 bits per heavy atom. The summed E-state index contributed by atoms with van der Waals surface area (Å²) >= 11 is 0. The van der Waals surface area contributed by atoms with Crippen molar-refractivity contribution in [2.24, 2.45) is 0 Å². The first-order chi connectivity index (χ1) is 9.22. The van der Waals surface area contributed by atoms with Gasteiger partial charge in [-0.3, -0.25) is 9.78 Å². The smallest absolute Gasteiger partial charge is 0.217 e. The maximum Gasteiger partial charge on any atom is 0.217 e. The van der Waals surface area contributed by atoms with Crippen LogP contribution in [0.15, 0.2) is 18.5 Å². The van der Waals surface area contributed by atoms with Gasteiger partial charge in [0.25, 0.3) is 0 Å². The fourth-order valence-corrected chi connectivity index (χ4v) is 2.39. The van der Waals surface area contributed by atoms with E-state index in [-0.39, 0.29) is 11.9 Å². The van der Waals surface area contributed by atoms with Gasteiger partial charge in [-0.2, -0.15) is 0 Å². The van der Waals surface area contributed by atoms with Crippen LogP contribution in [0.4, 0.5) is 0 Å². The average Bonchev–Trinajstić information content (AvgIpc) is 3.06. The van der Waals surface area contributed by atoms with Crippen molar-refractivity contribution in [2.45, 2.75) is 37.8 Å². The molecule has 1 saturated heterocycles. The molecule has 3 atom stereocenters. The highest BCUT2D eigenvalue weighted by molar-refractivity contribution is 5.73. The summed E-state index contributed by atoms with van der Waals surface area (Å²) < 4.78 is 5.73. The van der Waals surface area contributed by atoms with Crippen molar-refractivity contribution >= 4 is 5.91 Å². The zero-order valence-electron chi connectivity index (χ0n) is 11.1. The van der Waals surface area contributed by atoms with Crippen LogP contribution in [0.2, 0.25) is 0 Å². The van der Waals surface area contributed by atoms with Crippen LogP contribution in [0.3, 0.4) is 0 Å². The molecule has 1 saturated carbocycles. The van der Waals surface area contributed by atoms with Gasteiger partial charge in [-0.1, -0.05) is 0 Å². The molecule has 2 fully saturated rings. The van der Waals surface area contributed by atoms with Crippen molar-refractivity contribution in [2.75, 3.05) is 13.2 Å². The van der Waals surface area contributed by atoms with Gasteiger partial charge in [-0.15, -0.1) is 0 Å². The molecule has 2 heterocycles. The minimum Gasteiger partial charge on any atom is -0.490 e. The molecular formula is C14H19N3O2. The van der Waals surface area contributed by atoms with Gasteiger partial charge in [0, 0.05) is 31.1 Å². The number of pyridine rings is 1. The molecule has 1 aromatic rings. The molecule has 5 heteroatoms. The normalized spacial score (nSPS) is 28.4. The largest absolute Gasteiger partial charge is 0.490 e. The van der Waals surface area contributed by atoms with Crippen LogP contribution in [-0.2, 0) is 4.79 Å². The predicted molar refractivity (Wildman–Crippen MR) is 71.1 cm³/mol. The van der Waals surface area contributed by atoms with E-state index in [4.69, 9.17) is 4.74 Å². The summed E-state index contributed by atoms with van der Waals surface area (Å²) in [5.74, 6) is 1.24. The summed E-state index contributed by atoms with van der Waals surface area (Å²) in [6.45, 7) is 3.34. The van der Waals surface area contributed by atoms with Crippen molar-refractivity contribution in [3.8, 4) is 5.75 Å². The fraction of sp³-hybridized carbons (Fsp3) is 0.571. The molecule has 2 aliphatic rings. The predicted octanol–water partition coefficient (Wildman–Crippen LogP) is 0.814. The van der Waals surface area contributed by atoms with E-state index >= 15 is 0 Å². The fourth-order valence-electron chi connectivity index (χ4n) is 2.39. The summed E-state index contributed by atoms with van der Waals surface area (Å²) in [5.41, 5.74) is 1.15. The Bertz CT molecular complexity index is 474. The standard InChI is InChI=1S/C14H19N3O2/c1-9(18)17-14-5-13(14)10-4-12(7-15-6-10)19-8-11-2-3-16-11/h4,6-7,11,13-14,16H,2-3,5,8H2,1H3,(H,17,18). The second-order valence-corrected chi connectivity index (χ2v) is 5.35. The van der Waals surface area contributed by atoms with E-state index in [1.165, 1.54) is 6.42 Å². The van der Waals surface area contributed by atoms with E-state index in [0.29, 0.717) is 18.6 Å².